The molecule has 1 aromatic heterocycles. The highest BCUT2D eigenvalue weighted by molar-refractivity contribution is 6.06. The summed E-state index contributed by atoms with van der Waals surface area (Å²) in [4.78, 5) is 40.8. The lowest BCUT2D eigenvalue weighted by atomic mass is 10.1. The van der Waals surface area contributed by atoms with Crippen LogP contribution in [0.25, 0.3) is 10.9 Å². The van der Waals surface area contributed by atoms with Crippen molar-refractivity contribution in [3.05, 3.63) is 36.0 Å². The Balaban J connectivity index is 1.54. The van der Waals surface area contributed by atoms with Gasteiger partial charge in [0, 0.05) is 43.3 Å². The van der Waals surface area contributed by atoms with Crippen LogP contribution in [-0.2, 0) is 20.7 Å². The third kappa shape index (κ3) is 4.46. The Morgan fingerprint density at radius 3 is 2.93 bits per heavy atom. The highest BCUT2D eigenvalue weighted by atomic mass is 16.5. The maximum Gasteiger partial charge on any atom is 0.325 e. The van der Waals surface area contributed by atoms with Crippen molar-refractivity contribution in [1.29, 1.82) is 0 Å². The Hall–Kier alpha value is -2.87. The van der Waals surface area contributed by atoms with Gasteiger partial charge < -0.3 is 20.4 Å². The van der Waals surface area contributed by atoms with Crippen molar-refractivity contribution < 1.29 is 19.1 Å². The van der Waals surface area contributed by atoms with Gasteiger partial charge in [-0.25, -0.2) is 4.79 Å². The number of hydrogen-bond donors (Lipinski definition) is 3. The Bertz CT molecular complexity index is 832. The predicted molar refractivity (Wildman–Crippen MR) is 100 cm³/mol. The van der Waals surface area contributed by atoms with Crippen molar-refractivity contribution in [3.8, 4) is 0 Å². The van der Waals surface area contributed by atoms with Crippen molar-refractivity contribution in [2.24, 2.45) is 0 Å². The number of aromatic amines is 1. The summed E-state index contributed by atoms with van der Waals surface area (Å²) in [5, 5.41) is 6.38. The standard InChI is InChI=1S/C19H24N4O4/c1-2-27-9-5-8-20-17(24)12-23-18(25)16(22-19(23)26)10-13-11-21-15-7-4-3-6-14(13)15/h3-4,6-7,11,16,21H,2,5,8-10,12H2,1H3,(H,20,24)(H,22,26)/t16-/m0/s1. The third-order valence-corrected chi connectivity index (χ3v) is 4.50. The average molecular weight is 372 g/mol. The summed E-state index contributed by atoms with van der Waals surface area (Å²) < 4.78 is 5.19. The second-order valence-corrected chi connectivity index (χ2v) is 6.39. The van der Waals surface area contributed by atoms with Crippen LogP contribution < -0.4 is 10.6 Å². The van der Waals surface area contributed by atoms with Gasteiger partial charge >= 0.3 is 6.03 Å². The number of nitrogens with zero attached hydrogens (tertiary/aromatic N) is 1. The normalized spacial score (nSPS) is 16.8. The fourth-order valence-electron chi connectivity index (χ4n) is 3.13. The van der Waals surface area contributed by atoms with Gasteiger partial charge in [-0.2, -0.15) is 0 Å². The summed E-state index contributed by atoms with van der Waals surface area (Å²) in [5.41, 5.74) is 1.93. The number of benzene rings is 1. The van der Waals surface area contributed by atoms with Gasteiger partial charge in [0.25, 0.3) is 5.91 Å². The zero-order valence-electron chi connectivity index (χ0n) is 15.3. The van der Waals surface area contributed by atoms with Gasteiger partial charge in [-0.1, -0.05) is 18.2 Å². The molecule has 0 saturated carbocycles. The number of para-hydroxylation sites is 1. The number of fused-ring (bicyclic) bond motifs is 1. The Morgan fingerprint density at radius 1 is 1.30 bits per heavy atom. The van der Waals surface area contributed by atoms with E-state index in [1.54, 1.807) is 0 Å². The molecule has 0 spiro atoms. The number of H-pyrrole nitrogens is 1. The molecule has 4 amide bonds. The Kier molecular flexibility index (Phi) is 6.08. The van der Waals surface area contributed by atoms with E-state index in [1.807, 2.05) is 37.4 Å². The fraction of sp³-hybridized carbons (Fsp3) is 0.421. The molecule has 1 aliphatic rings. The van der Waals surface area contributed by atoms with E-state index in [4.69, 9.17) is 4.74 Å². The second kappa shape index (κ2) is 8.68. The SMILES string of the molecule is CCOCCCNC(=O)CN1C(=O)N[C@@H](Cc2c[nH]c3ccccc23)C1=O. The number of rotatable bonds is 9. The summed E-state index contributed by atoms with van der Waals surface area (Å²) in [7, 11) is 0. The lowest BCUT2D eigenvalue weighted by Crippen LogP contribution is -2.41. The molecule has 27 heavy (non-hydrogen) atoms. The molecular weight excluding hydrogens is 348 g/mol. The summed E-state index contributed by atoms with van der Waals surface area (Å²) in [6.45, 7) is 3.27. The zero-order valence-corrected chi connectivity index (χ0v) is 15.3. The van der Waals surface area contributed by atoms with Crippen molar-refractivity contribution in [2.45, 2.75) is 25.8 Å². The van der Waals surface area contributed by atoms with Crippen LogP contribution in [0.15, 0.2) is 30.5 Å². The molecule has 1 atom stereocenters. The lowest BCUT2D eigenvalue weighted by molar-refractivity contribution is -0.132. The lowest BCUT2D eigenvalue weighted by Gasteiger charge is -2.13. The molecule has 1 fully saturated rings. The fourth-order valence-corrected chi connectivity index (χ4v) is 3.13. The van der Waals surface area contributed by atoms with Crippen molar-refractivity contribution in [1.82, 2.24) is 20.5 Å². The minimum absolute atomic E-state index is 0.274. The van der Waals surface area contributed by atoms with Crippen LogP contribution in [0.2, 0.25) is 0 Å². The Morgan fingerprint density at radius 2 is 2.11 bits per heavy atom. The number of carbonyl (C=O) groups excluding carboxylic acids is 3. The molecule has 0 bridgehead atoms. The van der Waals surface area contributed by atoms with E-state index >= 15 is 0 Å². The molecule has 144 valence electrons. The smallest absolute Gasteiger partial charge is 0.325 e. The van der Waals surface area contributed by atoms with Crippen LogP contribution in [0.1, 0.15) is 18.9 Å². The molecule has 2 aromatic rings. The molecule has 1 aromatic carbocycles. The van der Waals surface area contributed by atoms with E-state index in [-0.39, 0.29) is 18.4 Å². The van der Waals surface area contributed by atoms with Crippen LogP contribution in [0.5, 0.6) is 0 Å². The molecule has 0 unspecified atom stereocenters. The van der Waals surface area contributed by atoms with Crippen molar-refractivity contribution in [3.63, 3.8) is 0 Å². The second-order valence-electron chi connectivity index (χ2n) is 6.39. The quantitative estimate of drug-likeness (QED) is 0.454. The largest absolute Gasteiger partial charge is 0.382 e. The molecule has 0 aliphatic carbocycles. The molecule has 0 radical (unpaired) electrons. The van der Waals surface area contributed by atoms with E-state index in [2.05, 4.69) is 15.6 Å². The molecule has 1 saturated heterocycles. The molecule has 3 N–H and O–H groups in total. The van der Waals surface area contributed by atoms with Crippen LogP contribution in [-0.4, -0.2) is 60.1 Å². The number of aromatic nitrogens is 1. The maximum atomic E-state index is 12.6. The van der Waals surface area contributed by atoms with Gasteiger partial charge in [0.2, 0.25) is 5.91 Å². The first kappa shape index (κ1) is 18.9. The first-order chi connectivity index (χ1) is 13.1. The average Bonchev–Trinajstić information content (AvgIpc) is 3.18. The third-order valence-electron chi connectivity index (χ3n) is 4.50. The first-order valence-corrected chi connectivity index (χ1v) is 9.11. The number of imide groups is 1. The molecule has 2 heterocycles. The maximum absolute atomic E-state index is 12.6. The van der Waals surface area contributed by atoms with Gasteiger partial charge in [0.05, 0.1) is 0 Å². The van der Waals surface area contributed by atoms with Gasteiger partial charge in [0.1, 0.15) is 12.6 Å². The van der Waals surface area contributed by atoms with Crippen LogP contribution in [0.3, 0.4) is 0 Å². The summed E-state index contributed by atoms with van der Waals surface area (Å²) >= 11 is 0. The van der Waals surface area contributed by atoms with Gasteiger partial charge in [-0.15, -0.1) is 0 Å². The molecule has 8 nitrogen and oxygen atoms in total. The highest BCUT2D eigenvalue weighted by Gasteiger charge is 2.39. The molecular formula is C19H24N4O4. The highest BCUT2D eigenvalue weighted by Crippen LogP contribution is 2.21. The number of urea groups is 1. The zero-order chi connectivity index (χ0) is 19.2. The van der Waals surface area contributed by atoms with Gasteiger partial charge in [0.15, 0.2) is 0 Å². The minimum atomic E-state index is -0.664. The van der Waals surface area contributed by atoms with E-state index < -0.39 is 12.1 Å². The van der Waals surface area contributed by atoms with Gasteiger partial charge in [-0.3, -0.25) is 14.5 Å². The van der Waals surface area contributed by atoms with Gasteiger partial charge in [-0.05, 0) is 25.0 Å². The van der Waals surface area contributed by atoms with Crippen molar-refractivity contribution in [2.75, 3.05) is 26.3 Å². The Labute approximate surface area is 157 Å². The van der Waals surface area contributed by atoms with E-state index in [0.29, 0.717) is 32.6 Å². The topological polar surface area (TPSA) is 104 Å². The molecule has 3 rings (SSSR count). The first-order valence-electron chi connectivity index (χ1n) is 9.11. The predicted octanol–water partition coefficient (Wildman–Crippen LogP) is 1.17. The summed E-state index contributed by atoms with van der Waals surface area (Å²) in [5.74, 6) is -0.738. The van der Waals surface area contributed by atoms with Crippen LogP contribution >= 0.6 is 0 Å². The van der Waals surface area contributed by atoms with E-state index in [9.17, 15) is 14.4 Å². The summed E-state index contributed by atoms with van der Waals surface area (Å²) in [6.07, 6.45) is 2.90. The number of ether oxygens (including phenoxy) is 1. The number of amides is 4. The number of nitrogens with one attached hydrogen (secondary N) is 3. The van der Waals surface area contributed by atoms with Crippen LogP contribution in [0, 0.1) is 0 Å². The number of carbonyl (C=O) groups is 3. The van der Waals surface area contributed by atoms with E-state index in [0.717, 1.165) is 21.4 Å². The molecule has 8 heteroatoms. The molecule has 1 aliphatic heterocycles. The monoisotopic (exact) mass is 372 g/mol. The number of hydrogen-bond acceptors (Lipinski definition) is 4. The summed E-state index contributed by atoms with van der Waals surface area (Å²) in [6, 6.07) is 6.58. The minimum Gasteiger partial charge on any atom is -0.382 e. The van der Waals surface area contributed by atoms with Crippen LogP contribution in [0.4, 0.5) is 4.79 Å². The van der Waals surface area contributed by atoms with E-state index in [1.165, 1.54) is 0 Å². The van der Waals surface area contributed by atoms with Crippen molar-refractivity contribution >= 4 is 28.7 Å².